The average Bonchev–Trinajstić information content (AvgIpc) is 3.14. The molecular formula is C17H28F4N6O2. The lowest BCUT2D eigenvalue weighted by Gasteiger charge is -2.23. The third-order valence-corrected chi connectivity index (χ3v) is 3.86. The summed E-state index contributed by atoms with van der Waals surface area (Å²) in [5.74, 6) is -2.96. The molecule has 8 nitrogen and oxygen atoms in total. The van der Waals surface area contributed by atoms with E-state index in [9.17, 15) is 27.2 Å². The first kappa shape index (κ1) is 22.1. The van der Waals surface area contributed by atoms with Crippen molar-refractivity contribution < 1.29 is 32.9 Å². The summed E-state index contributed by atoms with van der Waals surface area (Å²) in [4.78, 5) is 34.3. The van der Waals surface area contributed by atoms with Crippen LogP contribution in [-0.2, 0) is 4.79 Å². The van der Waals surface area contributed by atoms with Crippen LogP contribution in [0.3, 0.4) is 0 Å². The first-order valence-electron chi connectivity index (χ1n) is 8.56. The molecule has 0 bridgehead atoms. The van der Waals surface area contributed by atoms with Crippen LogP contribution in [0.25, 0.3) is 11.4 Å². The first-order valence-corrected chi connectivity index (χ1v) is 8.56. The van der Waals surface area contributed by atoms with Crippen molar-refractivity contribution in [3.8, 4) is 11.4 Å². The number of carbonyl (C=O) groups is 2. The Morgan fingerprint density at radius 3 is 2.59 bits per heavy atom. The number of H-pyrrole nitrogens is 1. The van der Waals surface area contributed by atoms with E-state index < -0.39 is 36.4 Å². The Labute approximate surface area is 169 Å². The van der Waals surface area contributed by atoms with Crippen LogP contribution in [0.4, 0.5) is 23.4 Å². The second-order valence-electron chi connectivity index (χ2n) is 6.47. The van der Waals surface area contributed by atoms with E-state index in [1.807, 2.05) is 0 Å². The number of anilines is 1. The molecule has 0 aromatic carbocycles. The van der Waals surface area contributed by atoms with E-state index in [-0.39, 0.29) is 28.9 Å². The monoisotopic (exact) mass is 424 g/mol. The number of nitrogens with one attached hydrogen (secondary N) is 4. The summed E-state index contributed by atoms with van der Waals surface area (Å²) in [7, 11) is 1.45. The van der Waals surface area contributed by atoms with Gasteiger partial charge in [-0.1, -0.05) is 13.8 Å². The molecule has 0 unspecified atom stereocenters. The van der Waals surface area contributed by atoms with Gasteiger partial charge in [0.15, 0.2) is 17.5 Å². The SMILES string of the molecule is CNC(=O)c1cc(-c2ncc(F)c(N[C@@H](C(=O)NCC(F)(F)F)C(C)C)n2)c[nH]1.[HH].[HH].[HH].[HH]. The Kier molecular flexibility index (Phi) is 6.77. The van der Waals surface area contributed by atoms with Crippen LogP contribution in [0.5, 0.6) is 0 Å². The third kappa shape index (κ3) is 5.90. The van der Waals surface area contributed by atoms with Gasteiger partial charge in [0.25, 0.3) is 5.91 Å². The van der Waals surface area contributed by atoms with E-state index in [1.165, 1.54) is 19.3 Å². The Bertz CT molecular complexity index is 899. The Morgan fingerprint density at radius 1 is 1.31 bits per heavy atom. The van der Waals surface area contributed by atoms with Crippen molar-refractivity contribution in [3.05, 3.63) is 30.0 Å². The molecule has 0 fully saturated rings. The number of aromatic amines is 1. The second-order valence-corrected chi connectivity index (χ2v) is 6.47. The smallest absolute Gasteiger partial charge is 0.356 e. The maximum atomic E-state index is 14.2. The molecule has 166 valence electrons. The maximum absolute atomic E-state index is 14.2. The molecule has 0 aliphatic rings. The van der Waals surface area contributed by atoms with Crippen molar-refractivity contribution in [2.75, 3.05) is 18.9 Å². The number of nitrogens with zero attached hydrogens (tertiary/aromatic N) is 2. The highest BCUT2D eigenvalue weighted by atomic mass is 19.4. The van der Waals surface area contributed by atoms with Crippen LogP contribution >= 0.6 is 0 Å². The van der Waals surface area contributed by atoms with Crippen LogP contribution in [0.2, 0.25) is 0 Å². The highest BCUT2D eigenvalue weighted by molar-refractivity contribution is 5.93. The van der Waals surface area contributed by atoms with Crippen molar-refractivity contribution >= 4 is 17.6 Å². The topological polar surface area (TPSA) is 112 Å². The van der Waals surface area contributed by atoms with Crippen molar-refractivity contribution in [2.24, 2.45) is 5.92 Å². The molecule has 2 heterocycles. The predicted molar refractivity (Wildman–Crippen MR) is 105 cm³/mol. The minimum absolute atomic E-state index is 0. The third-order valence-electron chi connectivity index (χ3n) is 3.86. The fraction of sp³-hybridized carbons (Fsp3) is 0.412. The van der Waals surface area contributed by atoms with Crippen molar-refractivity contribution in [2.45, 2.75) is 26.1 Å². The molecule has 2 aromatic heterocycles. The number of amides is 2. The predicted octanol–water partition coefficient (Wildman–Crippen LogP) is 3.07. The van der Waals surface area contributed by atoms with E-state index in [1.54, 1.807) is 19.2 Å². The van der Waals surface area contributed by atoms with E-state index >= 15 is 0 Å². The molecule has 0 spiro atoms. The van der Waals surface area contributed by atoms with Gasteiger partial charge < -0.3 is 20.9 Å². The molecule has 2 amide bonds. The minimum atomic E-state index is -4.57. The first-order chi connectivity index (χ1) is 13.5. The van der Waals surface area contributed by atoms with Gasteiger partial charge in [-0.05, 0) is 12.0 Å². The molecule has 2 aromatic rings. The molecule has 0 aliphatic carbocycles. The van der Waals surface area contributed by atoms with Gasteiger partial charge in [0.05, 0.1) is 6.20 Å². The summed E-state index contributed by atoms with van der Waals surface area (Å²) in [5.41, 5.74) is 0.616. The van der Waals surface area contributed by atoms with Gasteiger partial charge in [0.2, 0.25) is 5.91 Å². The van der Waals surface area contributed by atoms with Crippen LogP contribution in [0.1, 0.15) is 30.0 Å². The molecule has 0 saturated heterocycles. The maximum Gasteiger partial charge on any atom is 0.405 e. The summed E-state index contributed by atoms with van der Waals surface area (Å²) in [6.07, 6.45) is -2.26. The molecule has 0 aliphatic heterocycles. The molecule has 1 atom stereocenters. The number of hydrogen-bond donors (Lipinski definition) is 4. The molecular weight excluding hydrogens is 396 g/mol. The summed E-state index contributed by atoms with van der Waals surface area (Å²) in [5, 5.41) is 6.74. The number of rotatable bonds is 7. The summed E-state index contributed by atoms with van der Waals surface area (Å²) in [6, 6.07) is 0.286. The van der Waals surface area contributed by atoms with Gasteiger partial charge in [-0.3, -0.25) is 9.59 Å². The van der Waals surface area contributed by atoms with Crippen LogP contribution in [0.15, 0.2) is 18.5 Å². The van der Waals surface area contributed by atoms with Gasteiger partial charge in [0.1, 0.15) is 18.3 Å². The Hall–Kier alpha value is -3.18. The van der Waals surface area contributed by atoms with Gasteiger partial charge in [-0.2, -0.15) is 13.2 Å². The Balaban J connectivity index is -0.00000225. The molecule has 4 N–H and O–H groups in total. The fourth-order valence-corrected chi connectivity index (χ4v) is 2.38. The summed E-state index contributed by atoms with van der Waals surface area (Å²) in [6.45, 7) is 1.68. The molecule has 2 rings (SSSR count). The standard InChI is InChI=1S/C17H20F4N6O2.4H2/c1-8(2)12(16(29)25-7-17(19,20)21)26-14-10(18)6-24-13(27-14)9-4-11(23-5-9)15(28)22-3;;;;/h4-6,8,12,23H,7H2,1-3H3,(H,22,28)(H,25,29)(H,24,26,27);4*1H/t12-;;;;/m1..../s1. The summed E-state index contributed by atoms with van der Waals surface area (Å²) < 4.78 is 51.2. The Morgan fingerprint density at radius 2 is 2.00 bits per heavy atom. The zero-order chi connectivity index (χ0) is 21.8. The lowest BCUT2D eigenvalue weighted by atomic mass is 10.0. The summed E-state index contributed by atoms with van der Waals surface area (Å²) >= 11 is 0. The van der Waals surface area contributed by atoms with Crippen molar-refractivity contribution in [1.29, 1.82) is 0 Å². The van der Waals surface area contributed by atoms with Gasteiger partial charge in [-0.25, -0.2) is 14.4 Å². The highest BCUT2D eigenvalue weighted by Crippen LogP contribution is 2.21. The number of halogens is 4. The molecule has 0 saturated carbocycles. The van der Waals surface area contributed by atoms with E-state index in [4.69, 9.17) is 0 Å². The lowest BCUT2D eigenvalue weighted by molar-refractivity contribution is -0.139. The van der Waals surface area contributed by atoms with Crippen molar-refractivity contribution in [3.63, 3.8) is 0 Å². The van der Waals surface area contributed by atoms with Crippen LogP contribution < -0.4 is 16.0 Å². The van der Waals surface area contributed by atoms with E-state index in [0.29, 0.717) is 5.56 Å². The van der Waals surface area contributed by atoms with Crippen LogP contribution in [-0.4, -0.2) is 52.6 Å². The van der Waals surface area contributed by atoms with E-state index in [2.05, 4.69) is 25.6 Å². The van der Waals surface area contributed by atoms with E-state index in [0.717, 1.165) is 6.20 Å². The minimum Gasteiger partial charge on any atom is -0.356 e. The van der Waals surface area contributed by atoms with Gasteiger partial charge >= 0.3 is 6.18 Å². The number of carbonyl (C=O) groups excluding carboxylic acids is 2. The fourth-order valence-electron chi connectivity index (χ4n) is 2.38. The molecule has 12 heteroatoms. The number of alkyl halides is 3. The van der Waals surface area contributed by atoms with Gasteiger partial charge in [-0.15, -0.1) is 0 Å². The quantitative estimate of drug-likeness (QED) is 0.511. The molecule has 29 heavy (non-hydrogen) atoms. The lowest BCUT2D eigenvalue weighted by Crippen LogP contribution is -2.46. The number of hydrogen-bond acceptors (Lipinski definition) is 5. The van der Waals surface area contributed by atoms with Gasteiger partial charge in [0, 0.05) is 24.5 Å². The highest BCUT2D eigenvalue weighted by Gasteiger charge is 2.31. The van der Waals surface area contributed by atoms with Crippen molar-refractivity contribution in [1.82, 2.24) is 25.6 Å². The zero-order valence-corrected chi connectivity index (χ0v) is 15.8. The second kappa shape index (κ2) is 8.88. The van der Waals surface area contributed by atoms with Crippen LogP contribution in [0, 0.1) is 11.7 Å². The largest absolute Gasteiger partial charge is 0.405 e. The number of aromatic nitrogens is 3. The zero-order valence-electron chi connectivity index (χ0n) is 15.8. The average molecular weight is 424 g/mol. The molecule has 0 radical (unpaired) electrons. The normalized spacial score (nSPS) is 12.6.